The normalized spacial score (nSPS) is 10.4. The van der Waals surface area contributed by atoms with Crippen LogP contribution in [0.15, 0.2) is 28.7 Å². The number of benzene rings is 1. The van der Waals surface area contributed by atoms with E-state index < -0.39 is 11.6 Å². The summed E-state index contributed by atoms with van der Waals surface area (Å²) in [5, 5.41) is 2.60. The predicted molar refractivity (Wildman–Crippen MR) is 70.7 cm³/mol. The average Bonchev–Trinajstić information content (AvgIpc) is 2.28. The molecule has 0 aliphatic carbocycles. The Morgan fingerprint density at radius 3 is 2.39 bits per heavy atom. The Hall–Kier alpha value is -1.69. The van der Waals surface area contributed by atoms with Gasteiger partial charge in [-0.1, -0.05) is 15.9 Å². The fraction of sp³-hybridized carbons (Fsp3) is 0.0833. The summed E-state index contributed by atoms with van der Waals surface area (Å²) < 4.78 is 27.5. The van der Waals surface area contributed by atoms with Crippen molar-refractivity contribution >= 4 is 33.1 Å². The SMILES string of the molecule is Cc1nc(Nc2c(F)cc(Br)cc2F)ccc1N. The lowest BCUT2D eigenvalue weighted by Crippen LogP contribution is -2.01. The summed E-state index contributed by atoms with van der Waals surface area (Å²) in [5.41, 5.74) is 6.50. The molecular formula is C12H10BrF2N3. The molecule has 18 heavy (non-hydrogen) atoms. The number of nitrogens with zero attached hydrogens (tertiary/aromatic N) is 1. The van der Waals surface area contributed by atoms with E-state index in [1.165, 1.54) is 12.1 Å². The maximum Gasteiger partial charge on any atom is 0.150 e. The van der Waals surface area contributed by atoms with E-state index in [1.54, 1.807) is 19.1 Å². The van der Waals surface area contributed by atoms with Crippen LogP contribution in [0.3, 0.4) is 0 Å². The lowest BCUT2D eigenvalue weighted by molar-refractivity contribution is 0.589. The monoisotopic (exact) mass is 313 g/mol. The molecule has 2 rings (SSSR count). The molecule has 0 amide bonds. The van der Waals surface area contributed by atoms with Crippen molar-refractivity contribution in [2.45, 2.75) is 6.92 Å². The topological polar surface area (TPSA) is 50.9 Å². The first-order chi connectivity index (χ1) is 8.47. The van der Waals surface area contributed by atoms with Crippen LogP contribution in [0.2, 0.25) is 0 Å². The van der Waals surface area contributed by atoms with Gasteiger partial charge in [0.05, 0.1) is 11.4 Å². The zero-order valence-corrected chi connectivity index (χ0v) is 11.1. The van der Waals surface area contributed by atoms with Gasteiger partial charge in [0.1, 0.15) is 11.5 Å². The Balaban J connectivity index is 2.37. The first-order valence-electron chi connectivity index (χ1n) is 5.12. The number of nitrogens with two attached hydrogens (primary N) is 1. The Kier molecular flexibility index (Phi) is 3.47. The number of rotatable bonds is 2. The smallest absolute Gasteiger partial charge is 0.150 e. The number of halogens is 3. The highest BCUT2D eigenvalue weighted by atomic mass is 79.9. The first-order valence-corrected chi connectivity index (χ1v) is 5.91. The van der Waals surface area contributed by atoms with Crippen molar-refractivity contribution in [1.82, 2.24) is 4.98 Å². The minimum Gasteiger partial charge on any atom is -0.397 e. The van der Waals surface area contributed by atoms with Crippen LogP contribution >= 0.6 is 15.9 Å². The van der Waals surface area contributed by atoms with Gasteiger partial charge in [-0.15, -0.1) is 0 Å². The third-order valence-electron chi connectivity index (χ3n) is 2.39. The second-order valence-electron chi connectivity index (χ2n) is 3.74. The van der Waals surface area contributed by atoms with Crippen molar-refractivity contribution in [2.24, 2.45) is 0 Å². The van der Waals surface area contributed by atoms with Crippen molar-refractivity contribution in [2.75, 3.05) is 11.1 Å². The minimum atomic E-state index is -0.696. The van der Waals surface area contributed by atoms with E-state index in [0.717, 1.165) is 0 Å². The molecule has 1 heterocycles. The maximum atomic E-state index is 13.6. The van der Waals surface area contributed by atoms with Crippen molar-refractivity contribution in [1.29, 1.82) is 0 Å². The third-order valence-corrected chi connectivity index (χ3v) is 2.84. The fourth-order valence-corrected chi connectivity index (χ4v) is 1.83. The van der Waals surface area contributed by atoms with Gasteiger partial charge in [0, 0.05) is 4.47 Å². The molecule has 0 unspecified atom stereocenters. The molecule has 0 spiro atoms. The number of nitrogen functional groups attached to an aromatic ring is 1. The van der Waals surface area contributed by atoms with Gasteiger partial charge in [-0.05, 0) is 31.2 Å². The molecule has 94 valence electrons. The lowest BCUT2D eigenvalue weighted by atomic mass is 10.2. The summed E-state index contributed by atoms with van der Waals surface area (Å²) in [6.07, 6.45) is 0. The summed E-state index contributed by atoms with van der Waals surface area (Å²) in [5.74, 6) is -1.06. The van der Waals surface area contributed by atoms with Crippen LogP contribution in [0, 0.1) is 18.6 Å². The number of nitrogens with one attached hydrogen (secondary N) is 1. The van der Waals surface area contributed by atoms with Gasteiger partial charge in [0.25, 0.3) is 0 Å². The summed E-state index contributed by atoms with van der Waals surface area (Å²) in [6.45, 7) is 1.72. The number of anilines is 3. The summed E-state index contributed by atoms with van der Waals surface area (Å²) in [6, 6.07) is 5.54. The van der Waals surface area contributed by atoms with Crippen LogP contribution in [0.1, 0.15) is 5.69 Å². The average molecular weight is 314 g/mol. The molecular weight excluding hydrogens is 304 g/mol. The van der Waals surface area contributed by atoms with Crippen LogP contribution in [-0.4, -0.2) is 4.98 Å². The van der Waals surface area contributed by atoms with E-state index in [4.69, 9.17) is 5.73 Å². The molecule has 6 heteroatoms. The Morgan fingerprint density at radius 2 is 1.83 bits per heavy atom. The zero-order chi connectivity index (χ0) is 13.3. The standard InChI is InChI=1S/C12H10BrF2N3/c1-6-10(16)2-3-11(17-6)18-12-8(14)4-7(13)5-9(12)15/h2-5H,16H2,1H3,(H,17,18). The van der Waals surface area contributed by atoms with Gasteiger partial charge >= 0.3 is 0 Å². The van der Waals surface area contributed by atoms with E-state index in [2.05, 4.69) is 26.2 Å². The number of hydrogen-bond donors (Lipinski definition) is 2. The summed E-state index contributed by atoms with van der Waals surface area (Å²) >= 11 is 3.01. The number of aryl methyl sites for hydroxylation is 1. The predicted octanol–water partition coefficient (Wildman–Crippen LogP) is 3.76. The van der Waals surface area contributed by atoms with Crippen molar-refractivity contribution < 1.29 is 8.78 Å². The second kappa shape index (κ2) is 4.89. The van der Waals surface area contributed by atoms with E-state index in [1.807, 2.05) is 0 Å². The molecule has 0 radical (unpaired) electrons. The molecule has 0 saturated carbocycles. The van der Waals surface area contributed by atoms with Gasteiger partial charge in [-0.25, -0.2) is 13.8 Å². The highest BCUT2D eigenvalue weighted by molar-refractivity contribution is 9.10. The van der Waals surface area contributed by atoms with E-state index in [0.29, 0.717) is 21.7 Å². The summed E-state index contributed by atoms with van der Waals surface area (Å²) in [7, 11) is 0. The Bertz CT molecular complexity index is 579. The highest BCUT2D eigenvalue weighted by Crippen LogP contribution is 2.26. The van der Waals surface area contributed by atoms with Gasteiger partial charge in [-0.2, -0.15) is 0 Å². The number of aromatic nitrogens is 1. The largest absolute Gasteiger partial charge is 0.397 e. The van der Waals surface area contributed by atoms with Crippen molar-refractivity contribution in [3.8, 4) is 0 Å². The van der Waals surface area contributed by atoms with E-state index in [9.17, 15) is 8.78 Å². The van der Waals surface area contributed by atoms with Crippen LogP contribution in [0.4, 0.5) is 26.0 Å². The zero-order valence-electron chi connectivity index (χ0n) is 9.47. The highest BCUT2D eigenvalue weighted by Gasteiger charge is 2.11. The lowest BCUT2D eigenvalue weighted by Gasteiger charge is -2.09. The van der Waals surface area contributed by atoms with Crippen LogP contribution < -0.4 is 11.1 Å². The fourth-order valence-electron chi connectivity index (χ4n) is 1.43. The molecule has 1 aromatic heterocycles. The number of pyridine rings is 1. The Morgan fingerprint density at radius 1 is 1.22 bits per heavy atom. The Labute approximate surface area is 111 Å². The van der Waals surface area contributed by atoms with Gasteiger partial charge in [-0.3, -0.25) is 0 Å². The second-order valence-corrected chi connectivity index (χ2v) is 4.66. The molecule has 0 aliphatic rings. The van der Waals surface area contributed by atoms with Gasteiger partial charge in [0.15, 0.2) is 11.6 Å². The van der Waals surface area contributed by atoms with Gasteiger partial charge < -0.3 is 11.1 Å². The van der Waals surface area contributed by atoms with Crippen LogP contribution in [0.25, 0.3) is 0 Å². The quantitative estimate of drug-likeness (QED) is 0.887. The van der Waals surface area contributed by atoms with E-state index in [-0.39, 0.29) is 5.69 Å². The molecule has 0 aliphatic heterocycles. The number of hydrogen-bond acceptors (Lipinski definition) is 3. The molecule has 0 atom stereocenters. The van der Waals surface area contributed by atoms with Crippen LogP contribution in [-0.2, 0) is 0 Å². The maximum absolute atomic E-state index is 13.6. The molecule has 2 aromatic rings. The molecule has 0 saturated heterocycles. The first kappa shape index (κ1) is 12.8. The molecule has 3 N–H and O–H groups in total. The van der Waals surface area contributed by atoms with Gasteiger partial charge in [0.2, 0.25) is 0 Å². The van der Waals surface area contributed by atoms with Crippen molar-refractivity contribution in [3.63, 3.8) is 0 Å². The summed E-state index contributed by atoms with van der Waals surface area (Å²) in [4.78, 5) is 4.09. The third kappa shape index (κ3) is 2.59. The van der Waals surface area contributed by atoms with Crippen LogP contribution in [0.5, 0.6) is 0 Å². The molecule has 1 aromatic carbocycles. The molecule has 3 nitrogen and oxygen atoms in total. The molecule has 0 fully saturated rings. The molecule has 0 bridgehead atoms. The minimum absolute atomic E-state index is 0.241. The van der Waals surface area contributed by atoms with E-state index >= 15 is 0 Å². The van der Waals surface area contributed by atoms with Crippen molar-refractivity contribution in [3.05, 3.63) is 46.1 Å².